The lowest BCUT2D eigenvalue weighted by atomic mass is 9.50. The summed E-state index contributed by atoms with van der Waals surface area (Å²) in [5, 5.41) is 15.9. The summed E-state index contributed by atoms with van der Waals surface area (Å²) in [5.74, 6) is -0.471. The van der Waals surface area contributed by atoms with Crippen LogP contribution in [0.3, 0.4) is 0 Å². The second-order valence-corrected chi connectivity index (χ2v) is 9.57. The number of ether oxygens (including phenoxy) is 2. The van der Waals surface area contributed by atoms with Gasteiger partial charge in [-0.15, -0.1) is 5.10 Å². The molecular weight excluding hydrogens is 476 g/mol. The molecular formula is C21H24F4N6O4. The number of nitrogens with one attached hydrogen (secondary N) is 3. The molecule has 3 atom stereocenters. The van der Waals surface area contributed by atoms with E-state index in [9.17, 15) is 27.2 Å². The predicted octanol–water partition coefficient (Wildman–Crippen LogP) is 3.20. The number of amides is 2. The van der Waals surface area contributed by atoms with Gasteiger partial charge in [0, 0.05) is 36.3 Å². The quantitative estimate of drug-likeness (QED) is 0.502. The first kappa shape index (κ1) is 23.4. The van der Waals surface area contributed by atoms with Gasteiger partial charge < -0.3 is 20.1 Å². The van der Waals surface area contributed by atoms with Crippen LogP contribution < -0.4 is 15.4 Å². The number of hydrogen-bond acceptors (Lipinski definition) is 6. The van der Waals surface area contributed by atoms with Crippen molar-refractivity contribution in [3.63, 3.8) is 0 Å². The topological polar surface area (TPSA) is 123 Å². The Labute approximate surface area is 196 Å². The molecule has 4 aliphatic rings. The second kappa shape index (κ2) is 8.41. The maximum absolute atomic E-state index is 14.5. The summed E-state index contributed by atoms with van der Waals surface area (Å²) in [6.07, 6.45) is -4.07. The molecule has 190 valence electrons. The molecule has 2 heterocycles. The van der Waals surface area contributed by atoms with Crippen LogP contribution in [0, 0.1) is 5.92 Å². The van der Waals surface area contributed by atoms with Crippen molar-refractivity contribution in [2.75, 3.05) is 11.9 Å². The van der Waals surface area contributed by atoms with Crippen LogP contribution in [0.1, 0.15) is 54.2 Å². The van der Waals surface area contributed by atoms with Crippen LogP contribution in [0.4, 0.5) is 28.2 Å². The number of halogens is 4. The number of hydrogen-bond donors (Lipinski definition) is 3. The van der Waals surface area contributed by atoms with E-state index in [0.29, 0.717) is 11.6 Å². The lowest BCUT2D eigenvalue weighted by Gasteiger charge is -2.61. The number of rotatable bonds is 7. The molecule has 3 N–H and O–H groups in total. The Morgan fingerprint density at radius 2 is 2.00 bits per heavy atom. The van der Waals surface area contributed by atoms with Gasteiger partial charge in [0.05, 0.1) is 0 Å². The summed E-state index contributed by atoms with van der Waals surface area (Å²) in [4.78, 5) is 24.7. The molecule has 4 saturated carbocycles. The van der Waals surface area contributed by atoms with Gasteiger partial charge in [0.2, 0.25) is 5.88 Å². The largest absolute Gasteiger partial charge is 0.467 e. The first-order chi connectivity index (χ1) is 16.5. The molecule has 0 spiro atoms. The number of H-pyrrole nitrogens is 1. The van der Waals surface area contributed by atoms with Gasteiger partial charge in [0.1, 0.15) is 18.0 Å². The highest BCUT2D eigenvalue weighted by Gasteiger charge is 2.58. The maximum Gasteiger partial charge on any atom is 0.422 e. The number of carbonyl (C=O) groups is 2. The SMILES string of the molecule is Cn1nc(OCC(F)(F)F)cc1C(=O)Nc1cc([C@@H]2CC(F)[C@H](OC(=O)NC34CC(C3)C4)C2)[nH]n1. The van der Waals surface area contributed by atoms with Crippen molar-refractivity contribution in [1.82, 2.24) is 25.3 Å². The zero-order valence-corrected chi connectivity index (χ0v) is 18.7. The van der Waals surface area contributed by atoms with E-state index in [1.165, 1.54) is 13.1 Å². The Hall–Kier alpha value is -3.32. The second-order valence-electron chi connectivity index (χ2n) is 9.57. The van der Waals surface area contributed by atoms with E-state index < -0.39 is 37.1 Å². The van der Waals surface area contributed by atoms with Crippen molar-refractivity contribution in [3.8, 4) is 5.88 Å². The molecule has 0 radical (unpaired) electrons. The van der Waals surface area contributed by atoms with Crippen molar-refractivity contribution in [1.29, 1.82) is 0 Å². The van der Waals surface area contributed by atoms with Crippen molar-refractivity contribution in [2.45, 2.75) is 62.0 Å². The van der Waals surface area contributed by atoms with Crippen LogP contribution in [-0.2, 0) is 11.8 Å². The Kier molecular flexibility index (Phi) is 5.63. The number of aromatic amines is 1. The minimum Gasteiger partial charge on any atom is -0.467 e. The number of aromatic nitrogens is 4. The Bertz CT molecular complexity index is 1110. The summed E-state index contributed by atoms with van der Waals surface area (Å²) in [6, 6.07) is 2.62. The molecule has 14 heteroatoms. The average molecular weight is 500 g/mol. The zero-order valence-electron chi connectivity index (χ0n) is 18.7. The van der Waals surface area contributed by atoms with E-state index in [0.717, 1.165) is 30.0 Å². The number of carbonyl (C=O) groups excluding carboxylic acids is 2. The molecule has 0 aromatic carbocycles. The van der Waals surface area contributed by atoms with Crippen molar-refractivity contribution in [2.24, 2.45) is 13.0 Å². The fourth-order valence-electron chi connectivity index (χ4n) is 5.01. The summed E-state index contributed by atoms with van der Waals surface area (Å²) in [5.41, 5.74) is 0.369. The van der Waals surface area contributed by atoms with Gasteiger partial charge in [0.25, 0.3) is 5.91 Å². The van der Waals surface area contributed by atoms with E-state index in [4.69, 9.17) is 4.74 Å². The highest BCUT2D eigenvalue weighted by molar-refractivity contribution is 6.02. The standard InChI is InChI=1S/C21H24F4N6O4/c1-31-14(5-17(30-31)34-9-21(23,24)25)18(32)26-16-4-13(28-29-16)11-2-12(22)15(3-11)35-19(33)27-20-6-10(7-20)8-20/h4-5,10-12,15H,2-3,6-9H2,1H3,(H,27,33)(H2,26,28,29,32)/t10?,11-,12?,15-,20?/m1/s1. The fraction of sp³-hybridized carbons (Fsp3) is 0.619. The predicted molar refractivity (Wildman–Crippen MR) is 112 cm³/mol. The maximum atomic E-state index is 14.5. The van der Waals surface area contributed by atoms with Gasteiger partial charge in [-0.2, -0.15) is 18.3 Å². The number of alkyl carbamates (subject to hydrolysis) is 1. The minimum atomic E-state index is -4.53. The van der Waals surface area contributed by atoms with Crippen molar-refractivity contribution in [3.05, 3.63) is 23.5 Å². The monoisotopic (exact) mass is 500 g/mol. The van der Waals surface area contributed by atoms with E-state index in [1.54, 1.807) is 0 Å². The van der Waals surface area contributed by atoms with Crippen LogP contribution in [0.15, 0.2) is 12.1 Å². The molecule has 6 rings (SSSR count). The van der Waals surface area contributed by atoms with Gasteiger partial charge in [0.15, 0.2) is 12.4 Å². The molecule has 35 heavy (non-hydrogen) atoms. The molecule has 2 amide bonds. The molecule has 1 unspecified atom stereocenters. The molecule has 0 aliphatic heterocycles. The lowest BCUT2D eigenvalue weighted by molar-refractivity contribution is -0.154. The van der Waals surface area contributed by atoms with Gasteiger partial charge in [-0.05, 0) is 38.0 Å². The Balaban J connectivity index is 1.14. The third-order valence-corrected chi connectivity index (χ3v) is 6.85. The van der Waals surface area contributed by atoms with E-state index in [-0.39, 0.29) is 41.7 Å². The number of anilines is 1. The van der Waals surface area contributed by atoms with E-state index in [2.05, 4.69) is 30.7 Å². The third kappa shape index (κ3) is 4.91. The highest BCUT2D eigenvalue weighted by Crippen LogP contribution is 2.57. The first-order valence-electron chi connectivity index (χ1n) is 11.2. The van der Waals surface area contributed by atoms with Crippen LogP contribution in [0.5, 0.6) is 5.88 Å². The van der Waals surface area contributed by atoms with Gasteiger partial charge in [-0.3, -0.25) is 14.6 Å². The summed E-state index contributed by atoms with van der Waals surface area (Å²) >= 11 is 0. The Morgan fingerprint density at radius 3 is 2.66 bits per heavy atom. The van der Waals surface area contributed by atoms with Gasteiger partial charge in [-0.25, -0.2) is 9.18 Å². The summed E-state index contributed by atoms with van der Waals surface area (Å²) < 4.78 is 62.5. The number of aryl methyl sites for hydroxylation is 1. The molecule has 0 saturated heterocycles. The minimum absolute atomic E-state index is 0.0420. The molecule has 4 fully saturated rings. The normalized spacial score (nSPS) is 29.2. The number of nitrogens with zero attached hydrogens (tertiary/aromatic N) is 3. The lowest BCUT2D eigenvalue weighted by Crippen LogP contribution is -2.68. The van der Waals surface area contributed by atoms with Crippen LogP contribution >= 0.6 is 0 Å². The van der Waals surface area contributed by atoms with E-state index >= 15 is 0 Å². The van der Waals surface area contributed by atoms with Crippen LogP contribution in [0.25, 0.3) is 0 Å². The zero-order chi connectivity index (χ0) is 25.0. The third-order valence-electron chi connectivity index (χ3n) is 6.85. The van der Waals surface area contributed by atoms with Crippen LogP contribution in [-0.4, -0.2) is 62.6 Å². The first-order valence-corrected chi connectivity index (χ1v) is 11.2. The van der Waals surface area contributed by atoms with Crippen molar-refractivity contribution >= 4 is 17.8 Å². The Morgan fingerprint density at radius 1 is 1.26 bits per heavy atom. The van der Waals surface area contributed by atoms with Gasteiger partial charge >= 0.3 is 12.3 Å². The van der Waals surface area contributed by atoms with Crippen LogP contribution in [0.2, 0.25) is 0 Å². The van der Waals surface area contributed by atoms with Crippen molar-refractivity contribution < 1.29 is 36.6 Å². The van der Waals surface area contributed by atoms with E-state index in [1.807, 2.05) is 0 Å². The highest BCUT2D eigenvalue weighted by atomic mass is 19.4. The smallest absolute Gasteiger partial charge is 0.422 e. The molecule has 2 bridgehead atoms. The average Bonchev–Trinajstić information content (AvgIpc) is 3.41. The fourth-order valence-corrected chi connectivity index (χ4v) is 5.01. The molecule has 2 aromatic rings. The number of alkyl halides is 4. The van der Waals surface area contributed by atoms with Gasteiger partial charge in [-0.1, -0.05) is 0 Å². The molecule has 10 nitrogen and oxygen atoms in total. The summed E-state index contributed by atoms with van der Waals surface area (Å²) in [6.45, 7) is -1.53. The molecule has 4 aliphatic carbocycles. The molecule has 2 aromatic heterocycles. The summed E-state index contributed by atoms with van der Waals surface area (Å²) in [7, 11) is 1.38.